The van der Waals surface area contributed by atoms with Gasteiger partial charge in [0.05, 0.1) is 5.52 Å². The third kappa shape index (κ3) is 2.25. The van der Waals surface area contributed by atoms with Crippen molar-refractivity contribution in [2.45, 2.75) is 19.3 Å². The molecule has 0 spiro atoms. The maximum absolute atomic E-state index is 9.60. The summed E-state index contributed by atoms with van der Waals surface area (Å²) in [6, 6.07) is 5.25. The van der Waals surface area contributed by atoms with E-state index in [4.69, 9.17) is 10.6 Å². The van der Waals surface area contributed by atoms with Crippen LogP contribution in [0, 0.1) is 0 Å². The zero-order valence-corrected chi connectivity index (χ0v) is 11.3. The summed E-state index contributed by atoms with van der Waals surface area (Å²) in [6.45, 7) is 4.73. The molecule has 1 aliphatic rings. The largest absolute Gasteiger partial charge is 0.508 e. The van der Waals surface area contributed by atoms with Gasteiger partial charge in [0, 0.05) is 11.6 Å². The first-order valence-corrected chi connectivity index (χ1v) is 6.74. The normalized spacial score (nSPS) is 13.7. The lowest BCUT2D eigenvalue weighted by Gasteiger charge is -2.18. The van der Waals surface area contributed by atoms with Crippen LogP contribution in [0.5, 0.6) is 5.75 Å². The predicted molar refractivity (Wildman–Crippen MR) is 79.9 cm³/mol. The highest BCUT2D eigenvalue weighted by atomic mass is 16.5. The van der Waals surface area contributed by atoms with Crippen molar-refractivity contribution in [1.29, 1.82) is 0 Å². The van der Waals surface area contributed by atoms with Gasteiger partial charge in [0.1, 0.15) is 18.1 Å². The number of aromatic hydroxyl groups is 1. The van der Waals surface area contributed by atoms with Gasteiger partial charge >= 0.3 is 0 Å². The minimum Gasteiger partial charge on any atom is -0.508 e. The standard InChI is InChI=1S/C16H18N2O2/c1-11(16-7-8-20-16)3-2-4-12-10-18(17)15-6-5-13(19)9-14(12)15/h5-7,9-10,19H,1-4,8,17H2. The molecule has 104 valence electrons. The van der Waals surface area contributed by atoms with Gasteiger partial charge in [-0.1, -0.05) is 6.58 Å². The molecule has 0 aliphatic carbocycles. The lowest BCUT2D eigenvalue weighted by molar-refractivity contribution is 0.205. The number of nitrogen functional groups attached to an aromatic ring is 1. The van der Waals surface area contributed by atoms with Crippen LogP contribution in [0.2, 0.25) is 0 Å². The van der Waals surface area contributed by atoms with Crippen molar-refractivity contribution >= 4 is 10.9 Å². The molecule has 0 fully saturated rings. The van der Waals surface area contributed by atoms with Gasteiger partial charge in [-0.2, -0.15) is 0 Å². The van der Waals surface area contributed by atoms with Gasteiger partial charge < -0.3 is 15.7 Å². The number of benzene rings is 1. The molecule has 20 heavy (non-hydrogen) atoms. The van der Waals surface area contributed by atoms with Crippen LogP contribution in [0.15, 0.2) is 48.4 Å². The van der Waals surface area contributed by atoms with Crippen molar-refractivity contribution in [3.8, 4) is 5.75 Å². The second-order valence-electron chi connectivity index (χ2n) is 5.10. The highest BCUT2D eigenvalue weighted by molar-refractivity contribution is 5.85. The number of phenols is 1. The maximum atomic E-state index is 9.60. The molecule has 2 heterocycles. The Kier molecular flexibility index (Phi) is 3.14. The number of aromatic nitrogens is 1. The number of aryl methyl sites for hydroxylation is 1. The smallest absolute Gasteiger partial charge is 0.121 e. The summed E-state index contributed by atoms with van der Waals surface area (Å²) >= 11 is 0. The minimum atomic E-state index is 0.266. The summed E-state index contributed by atoms with van der Waals surface area (Å²) in [7, 11) is 0. The fourth-order valence-corrected chi connectivity index (χ4v) is 2.54. The van der Waals surface area contributed by atoms with Crippen molar-refractivity contribution < 1.29 is 9.84 Å². The van der Waals surface area contributed by atoms with Crippen LogP contribution in [0.1, 0.15) is 18.4 Å². The van der Waals surface area contributed by atoms with Gasteiger partial charge in [-0.05, 0) is 54.7 Å². The Labute approximate surface area is 117 Å². The van der Waals surface area contributed by atoms with Gasteiger partial charge in [0.15, 0.2) is 0 Å². The summed E-state index contributed by atoms with van der Waals surface area (Å²) in [5.41, 5.74) is 3.13. The third-order valence-electron chi connectivity index (χ3n) is 3.68. The number of nitrogens with two attached hydrogens (primary N) is 1. The predicted octanol–water partition coefficient (Wildman–Crippen LogP) is 2.85. The summed E-state index contributed by atoms with van der Waals surface area (Å²) in [6.07, 6.45) is 6.75. The lowest BCUT2D eigenvalue weighted by atomic mass is 10.0. The Bertz CT molecular complexity index is 698. The number of fused-ring (bicyclic) bond motifs is 1. The number of ether oxygens (including phenoxy) is 1. The van der Waals surface area contributed by atoms with E-state index in [0.717, 1.165) is 47.1 Å². The molecule has 0 bridgehead atoms. The molecule has 0 amide bonds. The zero-order valence-electron chi connectivity index (χ0n) is 11.3. The molecule has 3 N–H and O–H groups in total. The zero-order chi connectivity index (χ0) is 14.1. The van der Waals surface area contributed by atoms with Crippen molar-refractivity contribution in [3.63, 3.8) is 0 Å². The minimum absolute atomic E-state index is 0.266. The van der Waals surface area contributed by atoms with E-state index in [2.05, 4.69) is 6.58 Å². The van der Waals surface area contributed by atoms with Gasteiger partial charge in [-0.25, -0.2) is 0 Å². The summed E-state index contributed by atoms with van der Waals surface area (Å²) in [5.74, 6) is 7.13. The molecule has 1 aromatic carbocycles. The molecule has 0 unspecified atom stereocenters. The van der Waals surface area contributed by atoms with E-state index in [-0.39, 0.29) is 5.75 Å². The molecule has 0 radical (unpaired) electrons. The molecule has 0 atom stereocenters. The fraction of sp³-hybridized carbons (Fsp3) is 0.250. The lowest BCUT2D eigenvalue weighted by Crippen LogP contribution is -2.06. The number of allylic oxidation sites excluding steroid dienone is 1. The highest BCUT2D eigenvalue weighted by Gasteiger charge is 2.12. The number of rotatable bonds is 5. The van der Waals surface area contributed by atoms with Crippen LogP contribution in [-0.4, -0.2) is 16.4 Å². The molecular formula is C16H18N2O2. The first-order chi connectivity index (χ1) is 9.65. The molecule has 2 aromatic rings. The SMILES string of the molecule is C=C(CCCc1cn(N)c2ccc(O)cc12)C1=CCO1. The van der Waals surface area contributed by atoms with Crippen LogP contribution >= 0.6 is 0 Å². The second kappa shape index (κ2) is 4.96. The Morgan fingerprint density at radius 2 is 2.25 bits per heavy atom. The van der Waals surface area contributed by atoms with Crippen LogP contribution in [-0.2, 0) is 11.2 Å². The molecule has 0 saturated heterocycles. The van der Waals surface area contributed by atoms with Crippen molar-refractivity contribution in [2.24, 2.45) is 0 Å². The first kappa shape index (κ1) is 12.7. The van der Waals surface area contributed by atoms with Crippen molar-refractivity contribution in [3.05, 3.63) is 53.9 Å². The number of hydrogen-bond donors (Lipinski definition) is 2. The first-order valence-electron chi connectivity index (χ1n) is 6.74. The van der Waals surface area contributed by atoms with Gasteiger partial charge in [0.2, 0.25) is 0 Å². The van der Waals surface area contributed by atoms with Crippen molar-refractivity contribution in [1.82, 2.24) is 4.68 Å². The molecule has 4 nitrogen and oxygen atoms in total. The van der Waals surface area contributed by atoms with E-state index in [1.165, 1.54) is 0 Å². The summed E-state index contributed by atoms with van der Waals surface area (Å²) < 4.78 is 6.90. The van der Waals surface area contributed by atoms with Gasteiger partial charge in [0.25, 0.3) is 0 Å². The molecule has 3 rings (SSSR count). The van der Waals surface area contributed by atoms with Crippen molar-refractivity contribution in [2.75, 3.05) is 12.4 Å². The van der Waals surface area contributed by atoms with E-state index in [9.17, 15) is 5.11 Å². The molecular weight excluding hydrogens is 252 g/mol. The summed E-state index contributed by atoms with van der Waals surface area (Å²) in [5, 5.41) is 10.6. The maximum Gasteiger partial charge on any atom is 0.121 e. The number of nitrogens with zero attached hydrogens (tertiary/aromatic N) is 1. The van der Waals surface area contributed by atoms with E-state index in [1.54, 1.807) is 16.8 Å². The fourth-order valence-electron chi connectivity index (χ4n) is 2.54. The average Bonchev–Trinajstić information content (AvgIpc) is 2.64. The van der Waals surface area contributed by atoms with Gasteiger partial charge in [-0.3, -0.25) is 4.68 Å². The topological polar surface area (TPSA) is 60.4 Å². The Morgan fingerprint density at radius 1 is 1.45 bits per heavy atom. The van der Waals surface area contributed by atoms with Crippen LogP contribution in [0.3, 0.4) is 0 Å². The van der Waals surface area contributed by atoms with Crippen LogP contribution in [0.4, 0.5) is 0 Å². The quantitative estimate of drug-likeness (QED) is 0.821. The van der Waals surface area contributed by atoms with Crippen LogP contribution < -0.4 is 5.84 Å². The monoisotopic (exact) mass is 270 g/mol. The Morgan fingerprint density at radius 3 is 2.95 bits per heavy atom. The number of hydrogen-bond acceptors (Lipinski definition) is 3. The molecule has 1 aromatic heterocycles. The molecule has 4 heteroatoms. The Hall–Kier alpha value is -2.36. The van der Waals surface area contributed by atoms with Gasteiger partial charge in [-0.15, -0.1) is 0 Å². The molecule has 0 saturated carbocycles. The third-order valence-corrected chi connectivity index (χ3v) is 3.68. The Balaban J connectivity index is 1.71. The average molecular weight is 270 g/mol. The molecule has 1 aliphatic heterocycles. The van der Waals surface area contributed by atoms with E-state index in [1.807, 2.05) is 18.3 Å². The second-order valence-corrected chi connectivity index (χ2v) is 5.10. The van der Waals surface area contributed by atoms with E-state index >= 15 is 0 Å². The highest BCUT2D eigenvalue weighted by Crippen LogP contribution is 2.27. The summed E-state index contributed by atoms with van der Waals surface area (Å²) in [4.78, 5) is 0. The number of phenolic OH excluding ortho intramolecular Hbond substituents is 1. The van der Waals surface area contributed by atoms with E-state index < -0.39 is 0 Å². The van der Waals surface area contributed by atoms with Crippen LogP contribution in [0.25, 0.3) is 10.9 Å². The van der Waals surface area contributed by atoms with E-state index in [0.29, 0.717) is 6.61 Å².